The van der Waals surface area contributed by atoms with Crippen molar-refractivity contribution in [1.82, 2.24) is 10.6 Å². The maximum atomic E-state index is 12.1. The SMILES string of the molecule is FC(F)(F)COC1CCCC(NCC2CCCN2)C1. The maximum absolute atomic E-state index is 12.1. The van der Waals surface area contributed by atoms with Crippen molar-refractivity contribution in [3.05, 3.63) is 0 Å². The Morgan fingerprint density at radius 3 is 2.68 bits per heavy atom. The van der Waals surface area contributed by atoms with Gasteiger partial charge >= 0.3 is 6.18 Å². The quantitative estimate of drug-likeness (QED) is 0.810. The van der Waals surface area contributed by atoms with Gasteiger partial charge in [-0.2, -0.15) is 13.2 Å². The number of alkyl halides is 3. The number of halogens is 3. The average molecular weight is 280 g/mol. The van der Waals surface area contributed by atoms with Gasteiger partial charge in [-0.15, -0.1) is 0 Å². The Balaban J connectivity index is 1.65. The molecule has 0 aromatic rings. The lowest BCUT2D eigenvalue weighted by Gasteiger charge is -2.31. The normalized spacial score (nSPS) is 32.7. The lowest BCUT2D eigenvalue weighted by molar-refractivity contribution is -0.188. The predicted molar refractivity (Wildman–Crippen MR) is 67.1 cm³/mol. The van der Waals surface area contributed by atoms with Crippen LogP contribution in [0, 0.1) is 0 Å². The van der Waals surface area contributed by atoms with Crippen LogP contribution in [0.1, 0.15) is 38.5 Å². The standard InChI is InChI=1S/C13H23F3N2O/c14-13(15,16)9-19-12-5-1-3-10(7-12)18-8-11-4-2-6-17-11/h10-12,17-18H,1-9H2. The first-order chi connectivity index (χ1) is 9.03. The van der Waals surface area contributed by atoms with Gasteiger partial charge in [0.2, 0.25) is 0 Å². The maximum Gasteiger partial charge on any atom is 0.411 e. The second kappa shape index (κ2) is 6.90. The largest absolute Gasteiger partial charge is 0.411 e. The molecule has 0 amide bonds. The average Bonchev–Trinajstić information content (AvgIpc) is 2.87. The van der Waals surface area contributed by atoms with E-state index < -0.39 is 12.8 Å². The Labute approximate surface area is 112 Å². The van der Waals surface area contributed by atoms with Crippen LogP contribution in [0.5, 0.6) is 0 Å². The van der Waals surface area contributed by atoms with E-state index in [1.807, 2.05) is 0 Å². The monoisotopic (exact) mass is 280 g/mol. The molecule has 1 aliphatic carbocycles. The second-order valence-corrected chi connectivity index (χ2v) is 5.61. The fourth-order valence-corrected chi connectivity index (χ4v) is 2.93. The summed E-state index contributed by atoms with van der Waals surface area (Å²) >= 11 is 0. The van der Waals surface area contributed by atoms with Gasteiger partial charge in [0.1, 0.15) is 6.61 Å². The summed E-state index contributed by atoms with van der Waals surface area (Å²) in [6.45, 7) is 0.875. The number of hydrogen-bond donors (Lipinski definition) is 2. The van der Waals surface area contributed by atoms with Crippen LogP contribution in [-0.4, -0.2) is 44.1 Å². The third-order valence-corrected chi connectivity index (χ3v) is 3.92. The van der Waals surface area contributed by atoms with Crippen molar-refractivity contribution in [3.8, 4) is 0 Å². The number of rotatable bonds is 5. The van der Waals surface area contributed by atoms with Crippen molar-refractivity contribution < 1.29 is 17.9 Å². The lowest BCUT2D eigenvalue weighted by atomic mass is 9.92. The minimum atomic E-state index is -4.21. The lowest BCUT2D eigenvalue weighted by Crippen LogP contribution is -2.43. The Hall–Kier alpha value is -0.330. The molecular formula is C13H23F3N2O. The van der Waals surface area contributed by atoms with E-state index >= 15 is 0 Å². The van der Waals surface area contributed by atoms with Crippen LogP contribution in [0.3, 0.4) is 0 Å². The molecule has 1 saturated carbocycles. The Morgan fingerprint density at radius 2 is 2.00 bits per heavy atom. The molecule has 112 valence electrons. The molecule has 3 atom stereocenters. The van der Waals surface area contributed by atoms with Crippen LogP contribution < -0.4 is 10.6 Å². The summed E-state index contributed by atoms with van der Waals surface area (Å²) in [6.07, 6.45) is 1.37. The van der Waals surface area contributed by atoms with Crippen LogP contribution in [0.2, 0.25) is 0 Å². The molecule has 0 radical (unpaired) electrons. The molecule has 0 bridgehead atoms. The molecule has 1 aliphatic heterocycles. The fraction of sp³-hybridized carbons (Fsp3) is 1.00. The van der Waals surface area contributed by atoms with Gasteiger partial charge in [0, 0.05) is 18.6 Å². The molecular weight excluding hydrogens is 257 g/mol. The van der Waals surface area contributed by atoms with Crippen molar-refractivity contribution in [3.63, 3.8) is 0 Å². The zero-order valence-electron chi connectivity index (χ0n) is 11.1. The Bertz CT molecular complexity index is 267. The van der Waals surface area contributed by atoms with Crippen molar-refractivity contribution in [1.29, 1.82) is 0 Å². The molecule has 2 fully saturated rings. The zero-order chi connectivity index (χ0) is 13.7. The molecule has 6 heteroatoms. The van der Waals surface area contributed by atoms with Gasteiger partial charge in [-0.1, -0.05) is 0 Å². The van der Waals surface area contributed by atoms with Gasteiger partial charge in [-0.25, -0.2) is 0 Å². The molecule has 3 nitrogen and oxygen atoms in total. The third kappa shape index (κ3) is 5.67. The van der Waals surface area contributed by atoms with Crippen molar-refractivity contribution in [2.75, 3.05) is 19.7 Å². The smallest absolute Gasteiger partial charge is 0.369 e. The first-order valence-corrected chi connectivity index (χ1v) is 7.18. The molecule has 2 rings (SSSR count). The molecule has 1 saturated heterocycles. The highest BCUT2D eigenvalue weighted by Crippen LogP contribution is 2.24. The highest BCUT2D eigenvalue weighted by Gasteiger charge is 2.31. The summed E-state index contributed by atoms with van der Waals surface area (Å²) in [5, 5.41) is 6.88. The first kappa shape index (κ1) is 15.1. The minimum absolute atomic E-state index is 0.246. The predicted octanol–water partition coefficient (Wildman–Crippen LogP) is 2.22. The third-order valence-electron chi connectivity index (χ3n) is 3.92. The molecule has 1 heterocycles. The van der Waals surface area contributed by atoms with Crippen molar-refractivity contribution in [2.24, 2.45) is 0 Å². The zero-order valence-corrected chi connectivity index (χ0v) is 11.1. The van der Waals surface area contributed by atoms with Crippen LogP contribution in [0.4, 0.5) is 13.2 Å². The number of ether oxygens (including phenoxy) is 1. The van der Waals surface area contributed by atoms with E-state index in [0.717, 1.165) is 32.4 Å². The molecule has 3 unspecified atom stereocenters. The van der Waals surface area contributed by atoms with Gasteiger partial charge in [0.05, 0.1) is 6.10 Å². The van der Waals surface area contributed by atoms with Crippen LogP contribution in [-0.2, 0) is 4.74 Å². The summed E-state index contributed by atoms with van der Waals surface area (Å²) in [6, 6.07) is 0.825. The van der Waals surface area contributed by atoms with Gasteiger partial charge in [0.25, 0.3) is 0 Å². The summed E-state index contributed by atoms with van der Waals surface area (Å²) < 4.78 is 41.3. The van der Waals surface area contributed by atoms with Crippen LogP contribution in [0.15, 0.2) is 0 Å². The second-order valence-electron chi connectivity index (χ2n) is 5.61. The van der Waals surface area contributed by atoms with E-state index in [0.29, 0.717) is 18.5 Å². The topological polar surface area (TPSA) is 33.3 Å². The summed E-state index contributed by atoms with van der Waals surface area (Å²) in [4.78, 5) is 0. The molecule has 2 aliphatic rings. The summed E-state index contributed by atoms with van der Waals surface area (Å²) in [5.74, 6) is 0. The van der Waals surface area contributed by atoms with Crippen molar-refractivity contribution in [2.45, 2.75) is 62.9 Å². The summed E-state index contributed by atoms with van der Waals surface area (Å²) in [5.41, 5.74) is 0. The van der Waals surface area contributed by atoms with E-state index in [1.54, 1.807) is 0 Å². The number of hydrogen-bond acceptors (Lipinski definition) is 3. The van der Waals surface area contributed by atoms with E-state index in [2.05, 4.69) is 10.6 Å². The Morgan fingerprint density at radius 1 is 1.16 bits per heavy atom. The molecule has 0 aromatic carbocycles. The molecule has 0 aromatic heterocycles. The fourth-order valence-electron chi connectivity index (χ4n) is 2.93. The first-order valence-electron chi connectivity index (χ1n) is 7.18. The van der Waals surface area contributed by atoms with E-state index in [-0.39, 0.29) is 6.10 Å². The summed E-state index contributed by atoms with van der Waals surface area (Å²) in [7, 11) is 0. The van der Waals surface area contributed by atoms with E-state index in [9.17, 15) is 13.2 Å². The highest BCUT2D eigenvalue weighted by atomic mass is 19.4. The van der Waals surface area contributed by atoms with Gasteiger partial charge < -0.3 is 15.4 Å². The van der Waals surface area contributed by atoms with Crippen LogP contribution in [0.25, 0.3) is 0 Å². The highest BCUT2D eigenvalue weighted by molar-refractivity contribution is 4.82. The Kier molecular flexibility index (Phi) is 5.47. The minimum Gasteiger partial charge on any atom is -0.369 e. The van der Waals surface area contributed by atoms with E-state index in [1.165, 1.54) is 12.8 Å². The van der Waals surface area contributed by atoms with Gasteiger partial charge in [0.15, 0.2) is 0 Å². The van der Waals surface area contributed by atoms with Gasteiger partial charge in [-0.05, 0) is 45.1 Å². The van der Waals surface area contributed by atoms with Crippen LogP contribution >= 0.6 is 0 Å². The molecule has 0 spiro atoms. The number of nitrogens with one attached hydrogen (secondary N) is 2. The van der Waals surface area contributed by atoms with E-state index in [4.69, 9.17) is 4.74 Å². The van der Waals surface area contributed by atoms with Crippen molar-refractivity contribution >= 4 is 0 Å². The molecule has 19 heavy (non-hydrogen) atoms. The van der Waals surface area contributed by atoms with Gasteiger partial charge in [-0.3, -0.25) is 0 Å². The molecule has 2 N–H and O–H groups in total.